The molecule has 0 amide bonds. The predicted molar refractivity (Wildman–Crippen MR) is 157 cm³/mol. The lowest BCUT2D eigenvalue weighted by Crippen LogP contribution is -2.46. The van der Waals surface area contributed by atoms with Gasteiger partial charge in [0, 0.05) is 31.5 Å². The van der Waals surface area contributed by atoms with Gasteiger partial charge in [-0.15, -0.1) is 0 Å². The number of aryl methyl sites for hydroxylation is 2. The molecule has 9 nitrogen and oxygen atoms in total. The summed E-state index contributed by atoms with van der Waals surface area (Å²) in [6.07, 6.45) is 4.03. The van der Waals surface area contributed by atoms with Gasteiger partial charge in [0.15, 0.2) is 11.8 Å². The van der Waals surface area contributed by atoms with Crippen LogP contribution in [0.1, 0.15) is 94.0 Å². The van der Waals surface area contributed by atoms with Crippen LogP contribution in [0.5, 0.6) is 0 Å². The van der Waals surface area contributed by atoms with Crippen molar-refractivity contribution in [3.63, 3.8) is 0 Å². The highest BCUT2D eigenvalue weighted by Gasteiger charge is 2.37. The first kappa shape index (κ1) is 30.4. The Morgan fingerprint density at radius 2 is 1.88 bits per heavy atom. The molecule has 5 heterocycles. The van der Waals surface area contributed by atoms with Crippen LogP contribution in [-0.2, 0) is 38.6 Å². The molecule has 1 atom stereocenters. The fraction of sp³-hybridized carbons (Fsp3) is 0.594. The van der Waals surface area contributed by atoms with Gasteiger partial charge >= 0.3 is 5.97 Å². The number of piperidine rings is 1. The number of ether oxygens (including phenoxy) is 3. The number of carbonyl (C=O) groups is 1. The van der Waals surface area contributed by atoms with Crippen LogP contribution in [0.25, 0.3) is 5.65 Å². The van der Waals surface area contributed by atoms with Crippen LogP contribution in [0, 0.1) is 12.7 Å². The minimum atomic E-state index is -1.22. The quantitative estimate of drug-likeness (QED) is 0.406. The highest BCUT2D eigenvalue weighted by atomic mass is 19.1. The molecule has 0 spiro atoms. The van der Waals surface area contributed by atoms with Gasteiger partial charge < -0.3 is 24.2 Å². The molecule has 228 valence electrons. The molecule has 3 aliphatic heterocycles. The van der Waals surface area contributed by atoms with Crippen molar-refractivity contribution < 1.29 is 28.5 Å². The molecule has 6 rings (SSSR count). The third-order valence-electron chi connectivity index (χ3n) is 8.15. The molecule has 0 radical (unpaired) electrons. The van der Waals surface area contributed by atoms with E-state index in [1.807, 2.05) is 33.8 Å². The number of aliphatic carboxylic acids is 1. The maximum Gasteiger partial charge on any atom is 0.337 e. The van der Waals surface area contributed by atoms with Crippen molar-refractivity contribution in [1.82, 2.24) is 14.6 Å². The van der Waals surface area contributed by atoms with Crippen LogP contribution in [-0.4, -0.2) is 56.6 Å². The summed E-state index contributed by atoms with van der Waals surface area (Å²) in [6, 6.07) is 6.75. The molecule has 4 bridgehead atoms. The molecule has 0 saturated carbocycles. The van der Waals surface area contributed by atoms with Crippen LogP contribution in [0.15, 0.2) is 24.3 Å². The molecule has 10 heteroatoms. The van der Waals surface area contributed by atoms with E-state index in [2.05, 4.69) is 11.8 Å². The molecule has 1 fully saturated rings. The molecule has 2 aromatic heterocycles. The smallest absolute Gasteiger partial charge is 0.337 e. The summed E-state index contributed by atoms with van der Waals surface area (Å²) >= 11 is 0. The molecular weight excluding hydrogens is 539 g/mol. The molecule has 42 heavy (non-hydrogen) atoms. The van der Waals surface area contributed by atoms with Gasteiger partial charge in [-0.3, -0.25) is 0 Å². The fourth-order valence-electron chi connectivity index (χ4n) is 5.91. The first-order chi connectivity index (χ1) is 19.9. The lowest BCUT2D eigenvalue weighted by molar-refractivity contribution is -0.160. The van der Waals surface area contributed by atoms with Crippen molar-refractivity contribution in [3.8, 4) is 0 Å². The Labute approximate surface area is 247 Å². The lowest BCUT2D eigenvalue weighted by atomic mass is 9.92. The Morgan fingerprint density at radius 3 is 2.60 bits per heavy atom. The van der Waals surface area contributed by atoms with Crippen molar-refractivity contribution in [2.24, 2.45) is 0 Å². The number of carboxylic acid groups (broad SMARTS) is 1. The number of hydrogen-bond acceptors (Lipinski definition) is 7. The Balaban J connectivity index is 1.56. The zero-order valence-corrected chi connectivity index (χ0v) is 25.4. The van der Waals surface area contributed by atoms with E-state index in [9.17, 15) is 14.3 Å². The average molecular weight is 583 g/mol. The molecule has 1 saturated heterocycles. The van der Waals surface area contributed by atoms with Crippen molar-refractivity contribution in [2.75, 3.05) is 24.6 Å². The fourth-order valence-corrected chi connectivity index (χ4v) is 5.91. The Morgan fingerprint density at radius 1 is 1.12 bits per heavy atom. The minimum Gasteiger partial charge on any atom is -0.479 e. The summed E-state index contributed by atoms with van der Waals surface area (Å²) in [4.78, 5) is 19.6. The van der Waals surface area contributed by atoms with E-state index < -0.39 is 17.7 Å². The zero-order valence-electron chi connectivity index (χ0n) is 25.4. The number of halogens is 1. The van der Waals surface area contributed by atoms with E-state index in [0.29, 0.717) is 54.7 Å². The van der Waals surface area contributed by atoms with E-state index in [-0.39, 0.29) is 18.0 Å². The second kappa shape index (κ2) is 12.3. The number of benzene rings is 1. The van der Waals surface area contributed by atoms with Crippen LogP contribution >= 0.6 is 0 Å². The van der Waals surface area contributed by atoms with Crippen LogP contribution < -0.4 is 4.90 Å². The highest BCUT2D eigenvalue weighted by molar-refractivity contribution is 5.78. The largest absolute Gasteiger partial charge is 0.479 e. The highest BCUT2D eigenvalue weighted by Crippen LogP contribution is 2.38. The van der Waals surface area contributed by atoms with E-state index in [0.717, 1.165) is 49.7 Å². The number of hydrogen-bond donors (Lipinski definition) is 1. The molecule has 0 aliphatic carbocycles. The van der Waals surface area contributed by atoms with Gasteiger partial charge in [0.25, 0.3) is 0 Å². The summed E-state index contributed by atoms with van der Waals surface area (Å²) < 4.78 is 34.4. The second-order valence-electron chi connectivity index (χ2n) is 12.8. The number of anilines is 1. The van der Waals surface area contributed by atoms with Gasteiger partial charge in [0.2, 0.25) is 0 Å². The van der Waals surface area contributed by atoms with Crippen molar-refractivity contribution in [1.29, 1.82) is 0 Å². The van der Waals surface area contributed by atoms with Gasteiger partial charge in [-0.2, -0.15) is 9.61 Å². The average Bonchev–Trinajstić information content (AvgIpc) is 3.31. The Hall–Kier alpha value is -3.08. The van der Waals surface area contributed by atoms with Gasteiger partial charge in [0.1, 0.15) is 11.6 Å². The maximum atomic E-state index is 14.1. The number of fused-ring (bicyclic) bond motifs is 9. The first-order valence-electron chi connectivity index (χ1n) is 15.0. The monoisotopic (exact) mass is 582 g/mol. The standard InChI is InChI=1S/C32H43FN4O5/c1-21-27(28(30(38)39)42-31(2,3)4)29-36-14-12-32(5,13-15-36)41-16-8-6-7-9-22-17-24(33)11-10-23(22)19-40-20-25-18-26(34-21)37(29)35-25/h10-11,17-18,28H,6-9,12-16,19-20H2,1-5H3,(H,38,39). The van der Waals surface area contributed by atoms with Crippen LogP contribution in [0.2, 0.25) is 0 Å². The molecule has 3 aromatic rings. The molecule has 1 N–H and O–H groups in total. The summed E-state index contributed by atoms with van der Waals surface area (Å²) in [5.41, 5.74) is 3.35. The van der Waals surface area contributed by atoms with E-state index >= 15 is 0 Å². The van der Waals surface area contributed by atoms with Crippen molar-refractivity contribution >= 4 is 17.4 Å². The summed E-state index contributed by atoms with van der Waals surface area (Å²) in [5.74, 6) is -0.632. The second-order valence-corrected chi connectivity index (χ2v) is 12.8. The van der Waals surface area contributed by atoms with Crippen LogP contribution in [0.3, 0.4) is 0 Å². The normalized spacial score (nSPS) is 19.2. The minimum absolute atomic E-state index is 0.237. The number of rotatable bonds is 3. The van der Waals surface area contributed by atoms with E-state index in [1.54, 1.807) is 16.6 Å². The zero-order chi connectivity index (χ0) is 30.1. The Bertz CT molecular complexity index is 1420. The number of nitrogens with zero attached hydrogens (tertiary/aromatic N) is 4. The van der Waals surface area contributed by atoms with Gasteiger partial charge in [-0.1, -0.05) is 12.5 Å². The molecule has 1 unspecified atom stereocenters. The predicted octanol–water partition coefficient (Wildman–Crippen LogP) is 5.94. The third-order valence-corrected chi connectivity index (χ3v) is 8.15. The topological polar surface area (TPSA) is 98.4 Å². The molecule has 3 aliphatic rings. The van der Waals surface area contributed by atoms with Gasteiger partial charge in [0.05, 0.1) is 35.7 Å². The third kappa shape index (κ3) is 6.93. The SMILES string of the molecule is Cc1nc2cc3nn2c(c1C(OC(C)(C)C)C(=O)O)N1CCC(C)(CC1)OCCCCCc1cc(F)ccc1COC3. The summed E-state index contributed by atoms with van der Waals surface area (Å²) in [7, 11) is 0. The summed E-state index contributed by atoms with van der Waals surface area (Å²) in [5, 5.41) is 15.2. The number of carboxylic acids is 1. The molecular formula is C32H43FN4O5. The van der Waals surface area contributed by atoms with Crippen LogP contribution in [0.4, 0.5) is 10.2 Å². The van der Waals surface area contributed by atoms with E-state index in [1.165, 1.54) is 6.07 Å². The Kier molecular flexibility index (Phi) is 8.87. The summed E-state index contributed by atoms with van der Waals surface area (Å²) in [6.45, 7) is 12.1. The van der Waals surface area contributed by atoms with Gasteiger partial charge in [-0.25, -0.2) is 14.2 Å². The van der Waals surface area contributed by atoms with Crippen molar-refractivity contribution in [3.05, 3.63) is 58.2 Å². The number of aromatic nitrogens is 3. The maximum absolute atomic E-state index is 14.1. The lowest BCUT2D eigenvalue weighted by Gasteiger charge is -2.41. The van der Waals surface area contributed by atoms with E-state index in [4.69, 9.17) is 24.3 Å². The van der Waals surface area contributed by atoms with Gasteiger partial charge in [-0.05, 0) is 90.0 Å². The molecule has 1 aromatic carbocycles. The van der Waals surface area contributed by atoms with Crippen molar-refractivity contribution in [2.45, 2.75) is 104 Å². The first-order valence-corrected chi connectivity index (χ1v) is 15.0.